The Morgan fingerprint density at radius 2 is 1.61 bits per heavy atom. The van der Waals surface area contributed by atoms with Crippen LogP contribution >= 0.6 is 11.3 Å². The van der Waals surface area contributed by atoms with E-state index in [9.17, 15) is 0 Å². The minimum Gasteiger partial charge on any atom is -0.182 e. The Labute approximate surface area is 138 Å². The molecule has 0 saturated carbocycles. The van der Waals surface area contributed by atoms with Crippen LogP contribution in [0, 0.1) is 0 Å². The molecule has 0 amide bonds. The largest absolute Gasteiger partial charge is 0.235 e. The highest BCUT2D eigenvalue weighted by Crippen LogP contribution is 2.29. The Morgan fingerprint density at radius 1 is 0.870 bits per heavy atom. The summed E-state index contributed by atoms with van der Waals surface area (Å²) in [7, 11) is 0. The molecule has 4 aromatic rings. The predicted molar refractivity (Wildman–Crippen MR) is 93.6 cm³/mol. The highest BCUT2D eigenvalue weighted by Gasteiger charge is 2.14. The summed E-state index contributed by atoms with van der Waals surface area (Å²) in [5, 5.41) is 14.2. The van der Waals surface area contributed by atoms with Crippen LogP contribution in [-0.2, 0) is 0 Å². The molecule has 0 atom stereocenters. The van der Waals surface area contributed by atoms with Crippen LogP contribution in [0.1, 0.15) is 25.3 Å². The van der Waals surface area contributed by atoms with Crippen molar-refractivity contribution in [1.29, 1.82) is 0 Å². The van der Waals surface area contributed by atoms with Crippen molar-refractivity contribution in [3.63, 3.8) is 0 Å². The van der Waals surface area contributed by atoms with Crippen LogP contribution in [0.15, 0.2) is 54.6 Å². The van der Waals surface area contributed by atoms with E-state index in [1.165, 1.54) is 5.56 Å². The molecule has 0 saturated heterocycles. The Morgan fingerprint density at radius 3 is 2.30 bits per heavy atom. The van der Waals surface area contributed by atoms with Gasteiger partial charge in [0.15, 0.2) is 5.82 Å². The Balaban J connectivity index is 1.76. The number of aromatic nitrogens is 4. The summed E-state index contributed by atoms with van der Waals surface area (Å²) in [5.41, 5.74) is 3.47. The van der Waals surface area contributed by atoms with Crippen LogP contribution in [0.3, 0.4) is 0 Å². The Kier molecular flexibility index (Phi) is 3.42. The van der Waals surface area contributed by atoms with Crippen LogP contribution < -0.4 is 0 Å². The van der Waals surface area contributed by atoms with Gasteiger partial charge in [0, 0.05) is 11.1 Å². The van der Waals surface area contributed by atoms with Gasteiger partial charge in [-0.3, -0.25) is 0 Å². The maximum Gasteiger partial charge on any atom is 0.235 e. The van der Waals surface area contributed by atoms with E-state index >= 15 is 0 Å². The molecule has 0 aliphatic carbocycles. The molecule has 4 rings (SSSR count). The monoisotopic (exact) mass is 320 g/mol. The number of fused-ring (bicyclic) bond motifs is 1. The first-order valence-electron chi connectivity index (χ1n) is 7.60. The van der Waals surface area contributed by atoms with E-state index < -0.39 is 0 Å². The zero-order chi connectivity index (χ0) is 15.8. The third-order valence-electron chi connectivity index (χ3n) is 3.85. The highest BCUT2D eigenvalue weighted by atomic mass is 32.1. The molecule has 0 aliphatic rings. The fourth-order valence-corrected chi connectivity index (χ4v) is 3.36. The van der Waals surface area contributed by atoms with Gasteiger partial charge in [-0.25, -0.2) is 0 Å². The zero-order valence-electron chi connectivity index (χ0n) is 13.0. The van der Waals surface area contributed by atoms with E-state index in [0.29, 0.717) is 5.92 Å². The standard InChI is InChI=1S/C18H16N4S/c1-12(2)13-8-10-15(11-9-13)17-21-22-16(19-20-18(22)23-17)14-6-4-3-5-7-14/h3-12H,1-2H3. The normalized spacial score (nSPS) is 11.4. The van der Waals surface area contributed by atoms with Crippen molar-refractivity contribution in [2.24, 2.45) is 0 Å². The van der Waals surface area contributed by atoms with E-state index in [4.69, 9.17) is 5.10 Å². The van der Waals surface area contributed by atoms with Gasteiger partial charge in [-0.2, -0.15) is 9.61 Å². The van der Waals surface area contributed by atoms with E-state index in [2.05, 4.69) is 48.3 Å². The molecule has 4 nitrogen and oxygen atoms in total. The van der Waals surface area contributed by atoms with Crippen LogP contribution in [-0.4, -0.2) is 19.8 Å². The maximum atomic E-state index is 4.70. The van der Waals surface area contributed by atoms with Gasteiger partial charge >= 0.3 is 0 Å². The SMILES string of the molecule is CC(C)c1ccc(-c2nn3c(-c4ccccc4)nnc3s2)cc1. The van der Waals surface area contributed by atoms with E-state index in [-0.39, 0.29) is 0 Å². The lowest BCUT2D eigenvalue weighted by Crippen LogP contribution is -1.91. The number of rotatable bonds is 3. The van der Waals surface area contributed by atoms with E-state index in [1.54, 1.807) is 11.3 Å². The smallest absolute Gasteiger partial charge is 0.182 e. The van der Waals surface area contributed by atoms with Crippen LogP contribution in [0.2, 0.25) is 0 Å². The van der Waals surface area contributed by atoms with Gasteiger partial charge in [-0.1, -0.05) is 79.8 Å². The fraction of sp³-hybridized carbons (Fsp3) is 0.167. The summed E-state index contributed by atoms with van der Waals surface area (Å²) in [6.45, 7) is 4.40. The number of nitrogens with zero attached hydrogens (tertiary/aromatic N) is 4. The zero-order valence-corrected chi connectivity index (χ0v) is 13.8. The molecule has 0 radical (unpaired) electrons. The molecule has 0 fully saturated rings. The first kappa shape index (κ1) is 14.1. The third-order valence-corrected chi connectivity index (χ3v) is 4.80. The van der Waals surface area contributed by atoms with Crippen molar-refractivity contribution in [3.05, 3.63) is 60.2 Å². The molecular weight excluding hydrogens is 304 g/mol. The molecule has 0 bridgehead atoms. The Hall–Kier alpha value is -2.53. The molecule has 2 aromatic heterocycles. The van der Waals surface area contributed by atoms with Gasteiger partial charge in [0.25, 0.3) is 0 Å². The van der Waals surface area contributed by atoms with Crippen LogP contribution in [0.4, 0.5) is 0 Å². The third kappa shape index (κ3) is 2.53. The minimum absolute atomic E-state index is 0.534. The van der Waals surface area contributed by atoms with Crippen molar-refractivity contribution < 1.29 is 0 Å². The van der Waals surface area contributed by atoms with Crippen LogP contribution in [0.5, 0.6) is 0 Å². The van der Waals surface area contributed by atoms with Crippen LogP contribution in [0.25, 0.3) is 26.9 Å². The quantitative estimate of drug-likeness (QED) is 0.552. The molecule has 2 aromatic carbocycles. The summed E-state index contributed by atoms with van der Waals surface area (Å²) in [6, 6.07) is 18.6. The second kappa shape index (κ2) is 5.59. The molecular formula is C18H16N4S. The highest BCUT2D eigenvalue weighted by molar-refractivity contribution is 7.19. The summed E-state index contributed by atoms with van der Waals surface area (Å²) in [4.78, 5) is 0.812. The number of hydrogen-bond donors (Lipinski definition) is 0. The summed E-state index contributed by atoms with van der Waals surface area (Å²) < 4.78 is 1.83. The molecule has 5 heteroatoms. The van der Waals surface area contributed by atoms with Gasteiger partial charge in [-0.05, 0) is 11.5 Å². The minimum atomic E-state index is 0.534. The average Bonchev–Trinajstić information content (AvgIpc) is 3.16. The number of benzene rings is 2. The average molecular weight is 320 g/mol. The predicted octanol–water partition coefficient (Wildman–Crippen LogP) is 4.64. The van der Waals surface area contributed by atoms with Crippen molar-refractivity contribution in [2.75, 3.05) is 0 Å². The lowest BCUT2D eigenvalue weighted by Gasteiger charge is -2.04. The van der Waals surface area contributed by atoms with Gasteiger partial charge in [0.1, 0.15) is 5.01 Å². The van der Waals surface area contributed by atoms with Gasteiger partial charge in [0.2, 0.25) is 4.96 Å². The van der Waals surface area contributed by atoms with Gasteiger partial charge in [0.05, 0.1) is 0 Å². The number of hydrogen-bond acceptors (Lipinski definition) is 4. The van der Waals surface area contributed by atoms with Crippen molar-refractivity contribution >= 4 is 16.3 Å². The molecule has 0 unspecified atom stereocenters. The molecule has 114 valence electrons. The van der Waals surface area contributed by atoms with E-state index in [0.717, 1.165) is 26.9 Å². The topological polar surface area (TPSA) is 43.1 Å². The molecule has 0 aliphatic heterocycles. The first-order chi connectivity index (χ1) is 11.2. The second-order valence-corrected chi connectivity index (χ2v) is 6.72. The lowest BCUT2D eigenvalue weighted by molar-refractivity contribution is 0.867. The summed E-state index contributed by atoms with van der Waals surface area (Å²) in [5.74, 6) is 1.31. The molecule has 0 N–H and O–H groups in total. The molecule has 23 heavy (non-hydrogen) atoms. The lowest BCUT2D eigenvalue weighted by atomic mass is 10.0. The van der Waals surface area contributed by atoms with Crippen molar-refractivity contribution in [3.8, 4) is 22.0 Å². The summed E-state index contributed by atoms with van der Waals surface area (Å²) in [6.07, 6.45) is 0. The second-order valence-electron chi connectivity index (χ2n) is 5.77. The van der Waals surface area contributed by atoms with Gasteiger partial charge < -0.3 is 0 Å². The van der Waals surface area contributed by atoms with E-state index in [1.807, 2.05) is 34.8 Å². The fourth-order valence-electron chi connectivity index (χ4n) is 2.51. The van der Waals surface area contributed by atoms with Crippen molar-refractivity contribution in [2.45, 2.75) is 19.8 Å². The first-order valence-corrected chi connectivity index (χ1v) is 8.42. The molecule has 0 spiro atoms. The van der Waals surface area contributed by atoms with Crippen molar-refractivity contribution in [1.82, 2.24) is 19.8 Å². The summed E-state index contributed by atoms with van der Waals surface area (Å²) >= 11 is 1.56. The maximum absolute atomic E-state index is 4.70. The molecule has 2 heterocycles. The van der Waals surface area contributed by atoms with Gasteiger partial charge in [-0.15, -0.1) is 10.2 Å². The Bertz CT molecular complexity index is 936.